The molecule has 6 rings (SSSR count). The average molecular weight is 593 g/mol. The summed E-state index contributed by atoms with van der Waals surface area (Å²) in [7, 11) is 1.55. The second-order valence-electron chi connectivity index (χ2n) is 10.8. The van der Waals surface area contributed by atoms with Crippen molar-refractivity contribution in [2.45, 2.75) is 42.8 Å². The number of halogens is 6. The number of hydrogen-bond acceptors (Lipinski definition) is 4. The highest BCUT2D eigenvalue weighted by atomic mass is 32.1. The Labute approximate surface area is 237 Å². The second kappa shape index (κ2) is 9.59. The van der Waals surface area contributed by atoms with Crippen LogP contribution in [-0.2, 0) is 12.4 Å². The van der Waals surface area contributed by atoms with Crippen LogP contribution in [0.25, 0.3) is 10.9 Å². The zero-order valence-corrected chi connectivity index (χ0v) is 22.6. The van der Waals surface area contributed by atoms with Gasteiger partial charge in [0.1, 0.15) is 5.75 Å². The zero-order chi connectivity index (χ0) is 29.3. The van der Waals surface area contributed by atoms with E-state index in [0.717, 1.165) is 30.3 Å². The van der Waals surface area contributed by atoms with Gasteiger partial charge in [0.2, 0.25) is 0 Å². The third kappa shape index (κ3) is 4.61. The number of methoxy groups -OCH3 is 1. The Balaban J connectivity index is 1.34. The summed E-state index contributed by atoms with van der Waals surface area (Å²) in [6, 6.07) is 8.20. The fourth-order valence-corrected chi connectivity index (χ4v) is 7.24. The lowest BCUT2D eigenvalue weighted by Crippen LogP contribution is -2.62. The maximum atomic E-state index is 13.4. The molecule has 0 amide bonds. The lowest BCUT2D eigenvalue weighted by atomic mass is 9.81. The van der Waals surface area contributed by atoms with Gasteiger partial charge in [0, 0.05) is 28.9 Å². The van der Waals surface area contributed by atoms with E-state index in [4.69, 9.17) is 17.0 Å². The predicted molar refractivity (Wildman–Crippen MR) is 146 cm³/mol. The number of fused-ring (bicyclic) bond motifs is 1. The second-order valence-corrected chi connectivity index (χ2v) is 11.2. The first-order valence-corrected chi connectivity index (χ1v) is 13.5. The largest absolute Gasteiger partial charge is 0.497 e. The molecule has 1 aromatic heterocycles. The van der Waals surface area contributed by atoms with Gasteiger partial charge >= 0.3 is 12.4 Å². The van der Waals surface area contributed by atoms with E-state index in [1.54, 1.807) is 19.4 Å². The molecule has 4 unspecified atom stereocenters. The number of rotatable bonds is 6. The van der Waals surface area contributed by atoms with Crippen molar-refractivity contribution in [3.8, 4) is 5.75 Å². The van der Waals surface area contributed by atoms with Crippen LogP contribution >= 0.6 is 12.2 Å². The summed E-state index contributed by atoms with van der Waals surface area (Å²) in [6.45, 7) is 4.88. The first-order chi connectivity index (χ1) is 19.4. The van der Waals surface area contributed by atoms with Crippen molar-refractivity contribution in [3.63, 3.8) is 0 Å². The molecule has 2 N–H and O–H groups in total. The molecule has 3 fully saturated rings. The lowest BCUT2D eigenvalue weighted by molar-refractivity contribution is -0.143. The smallest absolute Gasteiger partial charge is 0.416 e. The first kappa shape index (κ1) is 27.8. The molecule has 5 nitrogen and oxygen atoms in total. The van der Waals surface area contributed by atoms with E-state index in [-0.39, 0.29) is 22.8 Å². The van der Waals surface area contributed by atoms with Crippen LogP contribution in [0.4, 0.5) is 32.0 Å². The molecule has 0 radical (unpaired) electrons. The molecule has 216 valence electrons. The highest BCUT2D eigenvalue weighted by Gasteiger charge is 2.76. The molecule has 1 spiro atoms. The maximum Gasteiger partial charge on any atom is 0.416 e. The van der Waals surface area contributed by atoms with Gasteiger partial charge in [-0.15, -0.1) is 6.58 Å². The number of benzene rings is 2. The fourth-order valence-electron chi connectivity index (χ4n) is 6.99. The molecular formula is C29H26F6N4OS. The number of anilines is 1. The molecule has 3 aromatic rings. The minimum Gasteiger partial charge on any atom is -0.497 e. The molecule has 3 aliphatic rings. The molecular weight excluding hydrogens is 566 g/mol. The summed E-state index contributed by atoms with van der Waals surface area (Å²) in [4.78, 5) is 6.89. The Kier molecular flexibility index (Phi) is 6.49. The van der Waals surface area contributed by atoms with Crippen molar-refractivity contribution in [2.75, 3.05) is 19.0 Å². The quantitative estimate of drug-likeness (QED) is 0.184. The van der Waals surface area contributed by atoms with Gasteiger partial charge in [-0.3, -0.25) is 9.88 Å². The molecule has 12 heteroatoms. The number of nitrogens with one attached hydrogen (secondary N) is 2. The average Bonchev–Trinajstić information content (AvgIpc) is 3.48. The molecule has 2 saturated heterocycles. The van der Waals surface area contributed by atoms with E-state index in [9.17, 15) is 26.3 Å². The van der Waals surface area contributed by atoms with Crippen LogP contribution in [0.3, 0.4) is 0 Å². The van der Waals surface area contributed by atoms with Crippen LogP contribution in [0.1, 0.15) is 35.6 Å². The molecule has 1 aliphatic carbocycles. The number of pyridine rings is 1. The van der Waals surface area contributed by atoms with Gasteiger partial charge in [0.25, 0.3) is 0 Å². The van der Waals surface area contributed by atoms with E-state index in [0.29, 0.717) is 35.2 Å². The van der Waals surface area contributed by atoms with Crippen LogP contribution in [0.5, 0.6) is 5.75 Å². The van der Waals surface area contributed by atoms with Crippen LogP contribution in [-0.4, -0.2) is 40.2 Å². The predicted octanol–water partition coefficient (Wildman–Crippen LogP) is 6.96. The number of aromatic nitrogens is 1. The Morgan fingerprint density at radius 2 is 1.83 bits per heavy atom. The van der Waals surface area contributed by atoms with E-state index in [1.807, 2.05) is 24.3 Å². The number of piperidine rings is 1. The molecule has 2 aromatic carbocycles. The van der Waals surface area contributed by atoms with Gasteiger partial charge in [-0.1, -0.05) is 6.08 Å². The van der Waals surface area contributed by atoms with Crippen LogP contribution < -0.4 is 15.4 Å². The Morgan fingerprint density at radius 3 is 2.44 bits per heavy atom. The summed E-state index contributed by atoms with van der Waals surface area (Å²) in [5, 5.41) is 6.53. The molecule has 41 heavy (non-hydrogen) atoms. The van der Waals surface area contributed by atoms with Crippen LogP contribution in [0.2, 0.25) is 0 Å². The van der Waals surface area contributed by atoms with Crippen LogP contribution in [0.15, 0.2) is 61.3 Å². The number of hydrogen-bond donors (Lipinski definition) is 2. The topological polar surface area (TPSA) is 49.4 Å². The minimum absolute atomic E-state index is 0.0197. The molecule has 5 atom stereocenters. The molecule has 2 aliphatic heterocycles. The van der Waals surface area contributed by atoms with Gasteiger partial charge in [-0.25, -0.2) is 0 Å². The lowest BCUT2D eigenvalue weighted by Gasteiger charge is -2.52. The number of ether oxygens (including phenoxy) is 1. The summed E-state index contributed by atoms with van der Waals surface area (Å²) in [5.41, 5.74) is -1.64. The SMILES string of the molecule is C=CC1C2CCN3C([C@H](NC(=S)Nc4cc(C(F)(F)F)cc(C(F)(F)F)c4)c4ccnc5ccc(OC)cc45)CC123. The summed E-state index contributed by atoms with van der Waals surface area (Å²) >= 11 is 5.49. The maximum absolute atomic E-state index is 13.4. The van der Waals surface area contributed by atoms with E-state index >= 15 is 0 Å². The van der Waals surface area contributed by atoms with Gasteiger partial charge in [-0.2, -0.15) is 26.3 Å². The highest BCUT2D eigenvalue weighted by molar-refractivity contribution is 7.80. The standard InChI is InChI=1S/C29H26F6N4OS/c1-3-21-22-7-9-39-24(14-27(21,22)39)25(19-6-8-36-23-5-4-18(40-2)13-20(19)23)38-26(41)37-17-11-15(28(30,31)32)10-16(12-17)29(33,34)35/h3-6,8,10-13,21-22,24-25H,1,7,9,14H2,2H3,(H2,37,38,41)/t21?,22?,24?,25-,27?/m1/s1. The third-order valence-electron chi connectivity index (χ3n) is 8.78. The van der Waals surface area contributed by atoms with Crippen LogP contribution in [0, 0.1) is 11.8 Å². The van der Waals surface area contributed by atoms with Crippen molar-refractivity contribution < 1.29 is 31.1 Å². The Morgan fingerprint density at radius 1 is 1.12 bits per heavy atom. The molecule has 3 heterocycles. The van der Waals surface area contributed by atoms with Gasteiger partial charge in [-0.05, 0) is 91.5 Å². The van der Waals surface area contributed by atoms with Crippen molar-refractivity contribution in [1.29, 1.82) is 0 Å². The molecule has 0 bridgehead atoms. The van der Waals surface area contributed by atoms with Gasteiger partial charge < -0.3 is 15.4 Å². The zero-order valence-electron chi connectivity index (χ0n) is 21.8. The van der Waals surface area contributed by atoms with Gasteiger partial charge in [0.15, 0.2) is 5.11 Å². The van der Waals surface area contributed by atoms with E-state index < -0.39 is 35.2 Å². The van der Waals surface area contributed by atoms with E-state index in [2.05, 4.69) is 27.1 Å². The van der Waals surface area contributed by atoms with Crippen molar-refractivity contribution in [2.24, 2.45) is 11.8 Å². The summed E-state index contributed by atoms with van der Waals surface area (Å²) in [6.07, 6.45) is -4.38. The van der Waals surface area contributed by atoms with Gasteiger partial charge in [0.05, 0.1) is 29.8 Å². The fraction of sp³-hybridized carbons (Fsp3) is 0.379. The summed E-state index contributed by atoms with van der Waals surface area (Å²) in [5.74, 6) is 1.57. The van der Waals surface area contributed by atoms with Crippen molar-refractivity contribution in [1.82, 2.24) is 15.2 Å². The molecule has 1 saturated carbocycles. The number of thiocarbonyl (C=S) groups is 1. The monoisotopic (exact) mass is 592 g/mol. The Hall–Kier alpha value is -3.38. The summed E-state index contributed by atoms with van der Waals surface area (Å²) < 4.78 is 86.0. The minimum atomic E-state index is -4.97. The highest BCUT2D eigenvalue weighted by Crippen LogP contribution is 2.71. The number of nitrogens with zero attached hydrogens (tertiary/aromatic N) is 2. The normalized spacial score (nSPS) is 26.0. The third-order valence-corrected chi connectivity index (χ3v) is 9.00. The number of alkyl halides is 6. The first-order valence-electron chi connectivity index (χ1n) is 13.1. The Bertz CT molecular complexity index is 1510. The van der Waals surface area contributed by atoms with E-state index in [1.165, 1.54) is 0 Å². The van der Waals surface area contributed by atoms with Crippen molar-refractivity contribution >= 4 is 33.9 Å². The van der Waals surface area contributed by atoms with Crippen molar-refractivity contribution in [3.05, 3.63) is 78.0 Å².